The molecule has 4 fully saturated rings. The van der Waals surface area contributed by atoms with Gasteiger partial charge in [0.2, 0.25) is 0 Å². The minimum Gasteiger partial charge on any atom is -1.00 e. The predicted octanol–water partition coefficient (Wildman–Crippen LogP) is 1.53. The quantitative estimate of drug-likeness (QED) is 0.665. The van der Waals surface area contributed by atoms with Gasteiger partial charge in [-0.3, -0.25) is 0 Å². The van der Waals surface area contributed by atoms with Crippen molar-refractivity contribution in [3.63, 3.8) is 0 Å². The minimum absolute atomic E-state index is 0. The van der Waals surface area contributed by atoms with Crippen molar-refractivity contribution in [3.8, 4) is 0 Å². The summed E-state index contributed by atoms with van der Waals surface area (Å²) in [5.74, 6) is 3.06. The van der Waals surface area contributed by atoms with Gasteiger partial charge in [0.05, 0.1) is 0 Å². The third kappa shape index (κ3) is 3.25. The third-order valence-electron chi connectivity index (χ3n) is 6.72. The molecular weight excluding hydrogens is 360 g/mol. The van der Waals surface area contributed by atoms with Gasteiger partial charge >= 0.3 is 0 Å². The van der Waals surface area contributed by atoms with Crippen LogP contribution in [0.5, 0.6) is 0 Å². The summed E-state index contributed by atoms with van der Waals surface area (Å²) in [5, 5.41) is 0. The summed E-state index contributed by atoms with van der Waals surface area (Å²) in [5.41, 5.74) is 1.88. The number of hydrogen-bond donors (Lipinski definition) is 0. The predicted molar refractivity (Wildman–Crippen MR) is 95.6 cm³/mol. The van der Waals surface area contributed by atoms with E-state index in [-0.39, 0.29) is 17.0 Å². The van der Waals surface area contributed by atoms with E-state index in [0.29, 0.717) is 5.54 Å². The molecule has 0 spiro atoms. The van der Waals surface area contributed by atoms with E-state index in [1.807, 2.05) is 0 Å². The fourth-order valence-electron chi connectivity index (χ4n) is 6.24. The molecule has 4 bridgehead atoms. The Morgan fingerprint density at radius 3 is 1.79 bits per heavy atom. The Morgan fingerprint density at radius 2 is 1.38 bits per heavy atom. The summed E-state index contributed by atoms with van der Waals surface area (Å²) in [4.78, 5) is 2.55. The van der Waals surface area contributed by atoms with Crippen LogP contribution in [0.25, 0.3) is 0 Å². The van der Waals surface area contributed by atoms with E-state index in [0.717, 1.165) is 17.8 Å². The summed E-state index contributed by atoms with van der Waals surface area (Å²) in [6, 6.07) is 4.76. The number of halogens is 1. The molecule has 0 saturated heterocycles. The van der Waals surface area contributed by atoms with Crippen molar-refractivity contribution in [3.05, 3.63) is 24.5 Å². The molecular formula is C21H33BrN2. The molecule has 0 aromatic carbocycles. The second kappa shape index (κ2) is 7.35. The van der Waals surface area contributed by atoms with Crippen molar-refractivity contribution in [2.24, 2.45) is 17.8 Å². The second-order valence-electron chi connectivity index (χ2n) is 8.59. The van der Waals surface area contributed by atoms with Crippen LogP contribution in [0, 0.1) is 17.8 Å². The van der Waals surface area contributed by atoms with Crippen LogP contribution >= 0.6 is 0 Å². The second-order valence-corrected chi connectivity index (χ2v) is 8.59. The van der Waals surface area contributed by atoms with Crippen LogP contribution < -0.4 is 26.4 Å². The molecule has 0 amide bonds. The zero-order valence-corrected chi connectivity index (χ0v) is 17.0. The zero-order chi connectivity index (χ0) is 15.9. The average Bonchev–Trinajstić information content (AvgIpc) is 2.54. The zero-order valence-electron chi connectivity index (χ0n) is 15.4. The maximum Gasteiger partial charge on any atom is 0.171 e. The van der Waals surface area contributed by atoms with Gasteiger partial charge in [0, 0.05) is 50.2 Å². The number of anilines is 1. The van der Waals surface area contributed by atoms with Crippen LogP contribution in [0.4, 0.5) is 5.69 Å². The van der Waals surface area contributed by atoms with Crippen molar-refractivity contribution >= 4 is 5.69 Å². The van der Waals surface area contributed by atoms with Crippen LogP contribution in [0.15, 0.2) is 24.5 Å². The molecule has 0 atom stereocenters. The lowest BCUT2D eigenvalue weighted by atomic mass is 9.53. The summed E-state index contributed by atoms with van der Waals surface area (Å²) in [6.07, 6.45) is 16.2. The van der Waals surface area contributed by atoms with Crippen LogP contribution in [0.3, 0.4) is 0 Å². The van der Waals surface area contributed by atoms with Gasteiger partial charge < -0.3 is 21.9 Å². The molecule has 3 heteroatoms. The number of rotatable bonds is 6. The molecule has 4 saturated carbocycles. The molecule has 24 heavy (non-hydrogen) atoms. The van der Waals surface area contributed by atoms with Crippen molar-refractivity contribution in [1.29, 1.82) is 0 Å². The van der Waals surface area contributed by atoms with Gasteiger partial charge in [-0.25, -0.2) is 0 Å². The normalized spacial score (nSPS) is 33.3. The largest absolute Gasteiger partial charge is 1.00 e. The highest BCUT2D eigenvalue weighted by Crippen LogP contribution is 2.56. The summed E-state index contributed by atoms with van der Waals surface area (Å²) >= 11 is 0. The number of nitrogens with zero attached hydrogens (tertiary/aromatic N) is 2. The van der Waals surface area contributed by atoms with E-state index in [2.05, 4.69) is 47.8 Å². The van der Waals surface area contributed by atoms with E-state index in [1.54, 1.807) is 0 Å². The Morgan fingerprint density at radius 1 is 0.917 bits per heavy atom. The van der Waals surface area contributed by atoms with Gasteiger partial charge in [0.15, 0.2) is 17.9 Å². The molecule has 1 heterocycles. The minimum atomic E-state index is 0. The lowest BCUT2D eigenvalue weighted by Crippen LogP contribution is -3.00. The number of hydrogen-bond acceptors (Lipinski definition) is 1. The Balaban J connectivity index is 0.00000169. The van der Waals surface area contributed by atoms with Gasteiger partial charge in [0.1, 0.15) is 0 Å². The fraction of sp³-hybridized carbons (Fsp3) is 0.762. The van der Waals surface area contributed by atoms with Crippen LogP contribution in [0.1, 0.15) is 65.2 Å². The molecule has 5 rings (SSSR count). The SMILES string of the molecule is CCCN(CCC)c1cc[n+](C23CC4CC(CC(C4)C2)C3)cc1.[Br-]. The van der Waals surface area contributed by atoms with E-state index < -0.39 is 0 Å². The van der Waals surface area contributed by atoms with Gasteiger partial charge in [0.25, 0.3) is 0 Å². The molecule has 4 aliphatic rings. The summed E-state index contributed by atoms with van der Waals surface area (Å²) in [6.45, 7) is 6.91. The highest BCUT2D eigenvalue weighted by atomic mass is 79.9. The average molecular weight is 393 g/mol. The van der Waals surface area contributed by atoms with Crippen molar-refractivity contribution in [2.75, 3.05) is 18.0 Å². The monoisotopic (exact) mass is 392 g/mol. The van der Waals surface area contributed by atoms with Gasteiger partial charge in [-0.05, 0) is 49.9 Å². The van der Waals surface area contributed by atoms with E-state index in [4.69, 9.17) is 0 Å². The van der Waals surface area contributed by atoms with Crippen LogP contribution in [-0.2, 0) is 5.54 Å². The van der Waals surface area contributed by atoms with E-state index in [9.17, 15) is 0 Å². The van der Waals surface area contributed by atoms with Gasteiger partial charge in [-0.2, -0.15) is 4.57 Å². The Bertz CT molecular complexity index is 498. The third-order valence-corrected chi connectivity index (χ3v) is 6.72. The Hall–Kier alpha value is -0.570. The van der Waals surface area contributed by atoms with Crippen molar-refractivity contribution in [2.45, 2.75) is 70.8 Å². The molecule has 0 N–H and O–H groups in total. The lowest BCUT2D eigenvalue weighted by molar-refractivity contribution is -0.776. The Kier molecular flexibility index (Phi) is 5.58. The van der Waals surface area contributed by atoms with Gasteiger partial charge in [-0.1, -0.05) is 13.8 Å². The Labute approximate surface area is 158 Å². The van der Waals surface area contributed by atoms with E-state index >= 15 is 0 Å². The molecule has 0 aliphatic heterocycles. The molecule has 0 radical (unpaired) electrons. The van der Waals surface area contributed by atoms with Crippen molar-refractivity contribution < 1.29 is 21.5 Å². The maximum atomic E-state index is 2.61. The number of pyridine rings is 1. The molecule has 134 valence electrons. The molecule has 1 aromatic rings. The first-order chi connectivity index (χ1) is 11.2. The highest BCUT2D eigenvalue weighted by molar-refractivity contribution is 5.43. The first-order valence-electron chi connectivity index (χ1n) is 9.99. The molecule has 0 unspecified atom stereocenters. The van der Waals surface area contributed by atoms with Crippen LogP contribution in [0.2, 0.25) is 0 Å². The smallest absolute Gasteiger partial charge is 0.171 e. The summed E-state index contributed by atoms with van der Waals surface area (Å²) in [7, 11) is 0. The standard InChI is InChI=1S/C21H33N2.BrH/c1-3-7-22(8-4-2)20-5-9-23(10-6-20)21-14-17-11-18(15-21)13-19(12-17)16-21;/h5-6,9-10,17-19H,3-4,7-8,11-16H2,1-2H3;1H/q+1;/p-1. The molecule has 2 nitrogen and oxygen atoms in total. The molecule has 1 aromatic heterocycles. The fourth-order valence-corrected chi connectivity index (χ4v) is 6.24. The van der Waals surface area contributed by atoms with E-state index in [1.165, 1.54) is 70.1 Å². The number of aromatic nitrogens is 1. The first kappa shape index (κ1) is 18.2. The van der Waals surface area contributed by atoms with Gasteiger partial charge in [-0.15, -0.1) is 0 Å². The maximum absolute atomic E-state index is 2.61. The first-order valence-corrected chi connectivity index (χ1v) is 9.99. The van der Waals surface area contributed by atoms with Crippen LogP contribution in [-0.4, -0.2) is 13.1 Å². The highest BCUT2D eigenvalue weighted by Gasteiger charge is 2.56. The lowest BCUT2D eigenvalue weighted by Gasteiger charge is -2.53. The summed E-state index contributed by atoms with van der Waals surface area (Å²) < 4.78 is 2.61. The van der Waals surface area contributed by atoms with Crippen molar-refractivity contribution in [1.82, 2.24) is 0 Å². The topological polar surface area (TPSA) is 7.12 Å². The molecule has 4 aliphatic carbocycles.